The molecular formula is C12H16N2S2. The maximum absolute atomic E-state index is 4.38. The van der Waals surface area contributed by atoms with E-state index < -0.39 is 0 Å². The highest BCUT2D eigenvalue weighted by molar-refractivity contribution is 7.10. The third-order valence-corrected chi connectivity index (χ3v) is 4.52. The number of rotatable bonds is 5. The number of thiazole rings is 1. The minimum absolute atomic E-state index is 0.372. The van der Waals surface area contributed by atoms with E-state index in [-0.39, 0.29) is 0 Å². The van der Waals surface area contributed by atoms with Crippen molar-refractivity contribution in [1.29, 1.82) is 0 Å². The molecule has 0 spiro atoms. The Hall–Kier alpha value is -0.710. The standard InChI is InChI=1S/C12H16N2S2/c1-3-10(12-13-6-8-16-12)14-9(2)11-5-4-7-15-11/h4-10,14H,3H2,1-2H3. The van der Waals surface area contributed by atoms with Crippen LogP contribution in [0, 0.1) is 0 Å². The predicted octanol–water partition coefficient (Wildman–Crippen LogP) is 4.01. The highest BCUT2D eigenvalue weighted by Crippen LogP contribution is 2.25. The van der Waals surface area contributed by atoms with Crippen LogP contribution in [0.2, 0.25) is 0 Å². The van der Waals surface area contributed by atoms with Crippen molar-refractivity contribution < 1.29 is 0 Å². The van der Waals surface area contributed by atoms with Crippen LogP contribution in [-0.2, 0) is 0 Å². The molecule has 0 saturated carbocycles. The van der Waals surface area contributed by atoms with Crippen LogP contribution in [0.15, 0.2) is 29.1 Å². The summed E-state index contributed by atoms with van der Waals surface area (Å²) in [4.78, 5) is 5.77. The summed E-state index contributed by atoms with van der Waals surface area (Å²) in [6.45, 7) is 4.41. The Morgan fingerprint density at radius 2 is 2.25 bits per heavy atom. The molecule has 0 amide bonds. The van der Waals surface area contributed by atoms with Crippen molar-refractivity contribution in [3.8, 4) is 0 Å². The van der Waals surface area contributed by atoms with Crippen molar-refractivity contribution in [1.82, 2.24) is 10.3 Å². The highest BCUT2D eigenvalue weighted by Gasteiger charge is 2.15. The summed E-state index contributed by atoms with van der Waals surface area (Å²) >= 11 is 3.53. The van der Waals surface area contributed by atoms with E-state index in [0.717, 1.165) is 6.42 Å². The van der Waals surface area contributed by atoms with E-state index in [1.165, 1.54) is 9.88 Å². The van der Waals surface area contributed by atoms with E-state index in [4.69, 9.17) is 0 Å². The van der Waals surface area contributed by atoms with Gasteiger partial charge in [0.25, 0.3) is 0 Å². The van der Waals surface area contributed by atoms with Crippen molar-refractivity contribution in [2.75, 3.05) is 0 Å². The Kier molecular flexibility index (Phi) is 4.09. The van der Waals surface area contributed by atoms with E-state index in [1.807, 2.05) is 11.6 Å². The number of nitrogens with one attached hydrogen (secondary N) is 1. The third kappa shape index (κ3) is 2.70. The second-order valence-corrected chi connectivity index (χ2v) is 5.64. The van der Waals surface area contributed by atoms with Crippen LogP contribution in [0.1, 0.15) is 42.2 Å². The lowest BCUT2D eigenvalue weighted by Crippen LogP contribution is -2.23. The second-order valence-electron chi connectivity index (χ2n) is 3.73. The molecule has 0 aliphatic rings. The van der Waals surface area contributed by atoms with Crippen LogP contribution >= 0.6 is 22.7 Å². The molecule has 0 aromatic carbocycles. The van der Waals surface area contributed by atoms with Crippen molar-refractivity contribution in [2.24, 2.45) is 0 Å². The van der Waals surface area contributed by atoms with Gasteiger partial charge in [-0.2, -0.15) is 0 Å². The molecule has 2 unspecified atom stereocenters. The van der Waals surface area contributed by atoms with Crippen LogP contribution in [-0.4, -0.2) is 4.98 Å². The summed E-state index contributed by atoms with van der Waals surface area (Å²) in [6.07, 6.45) is 2.95. The fourth-order valence-corrected chi connectivity index (χ4v) is 3.22. The second kappa shape index (κ2) is 5.57. The molecule has 0 radical (unpaired) electrons. The smallest absolute Gasteiger partial charge is 0.109 e. The molecule has 2 nitrogen and oxygen atoms in total. The van der Waals surface area contributed by atoms with Gasteiger partial charge in [-0.25, -0.2) is 4.98 Å². The number of hydrogen-bond acceptors (Lipinski definition) is 4. The summed E-state index contributed by atoms with van der Waals surface area (Å²) in [5, 5.41) is 8.98. The molecule has 2 heterocycles. The van der Waals surface area contributed by atoms with Crippen LogP contribution in [0.4, 0.5) is 0 Å². The van der Waals surface area contributed by atoms with Gasteiger partial charge in [0.2, 0.25) is 0 Å². The molecule has 2 aromatic rings. The maximum Gasteiger partial charge on any atom is 0.109 e. The largest absolute Gasteiger partial charge is 0.301 e. The molecule has 2 aromatic heterocycles. The third-order valence-electron chi connectivity index (χ3n) is 2.58. The Labute approximate surface area is 104 Å². The van der Waals surface area contributed by atoms with Gasteiger partial charge in [-0.1, -0.05) is 13.0 Å². The predicted molar refractivity (Wildman–Crippen MR) is 71.0 cm³/mol. The molecule has 4 heteroatoms. The average molecular weight is 252 g/mol. The van der Waals surface area contributed by atoms with Crippen LogP contribution in [0.3, 0.4) is 0 Å². The zero-order valence-electron chi connectivity index (χ0n) is 9.51. The van der Waals surface area contributed by atoms with E-state index in [0.29, 0.717) is 12.1 Å². The Balaban J connectivity index is 2.02. The molecule has 2 atom stereocenters. The summed E-state index contributed by atoms with van der Waals surface area (Å²) in [7, 11) is 0. The quantitative estimate of drug-likeness (QED) is 0.869. The fraction of sp³-hybridized carbons (Fsp3) is 0.417. The summed E-state index contributed by atoms with van der Waals surface area (Å²) in [5.41, 5.74) is 0. The highest BCUT2D eigenvalue weighted by atomic mass is 32.1. The summed E-state index contributed by atoms with van der Waals surface area (Å²) in [6, 6.07) is 5.05. The zero-order valence-corrected chi connectivity index (χ0v) is 11.1. The Morgan fingerprint density at radius 3 is 2.81 bits per heavy atom. The number of nitrogens with zero attached hydrogens (tertiary/aromatic N) is 1. The summed E-state index contributed by atoms with van der Waals surface area (Å²) in [5.74, 6) is 0. The molecule has 0 saturated heterocycles. The Morgan fingerprint density at radius 1 is 1.38 bits per heavy atom. The van der Waals surface area contributed by atoms with Gasteiger partial charge in [0.05, 0.1) is 6.04 Å². The van der Waals surface area contributed by atoms with Gasteiger partial charge in [0.1, 0.15) is 5.01 Å². The number of hydrogen-bond donors (Lipinski definition) is 1. The SMILES string of the molecule is CCC(NC(C)c1cccs1)c1nccs1. The van der Waals surface area contributed by atoms with Crippen molar-refractivity contribution in [3.63, 3.8) is 0 Å². The van der Waals surface area contributed by atoms with Gasteiger partial charge >= 0.3 is 0 Å². The maximum atomic E-state index is 4.38. The lowest BCUT2D eigenvalue weighted by Gasteiger charge is -2.19. The number of thiophene rings is 1. The van der Waals surface area contributed by atoms with Gasteiger partial charge < -0.3 is 5.32 Å². The number of aromatic nitrogens is 1. The lowest BCUT2D eigenvalue weighted by molar-refractivity contribution is 0.459. The van der Waals surface area contributed by atoms with E-state index in [2.05, 4.69) is 41.7 Å². The first-order valence-electron chi connectivity index (χ1n) is 5.50. The first-order chi connectivity index (χ1) is 7.81. The zero-order chi connectivity index (χ0) is 11.4. The fourth-order valence-electron chi connectivity index (χ4n) is 1.69. The van der Waals surface area contributed by atoms with E-state index in [1.54, 1.807) is 22.7 Å². The molecular weight excluding hydrogens is 236 g/mol. The topological polar surface area (TPSA) is 24.9 Å². The molecule has 1 N–H and O–H groups in total. The van der Waals surface area contributed by atoms with Gasteiger partial charge in [-0.15, -0.1) is 22.7 Å². The lowest BCUT2D eigenvalue weighted by atomic mass is 10.2. The van der Waals surface area contributed by atoms with Crippen LogP contribution in [0.5, 0.6) is 0 Å². The van der Waals surface area contributed by atoms with E-state index in [9.17, 15) is 0 Å². The van der Waals surface area contributed by atoms with Gasteiger partial charge in [0, 0.05) is 22.5 Å². The molecule has 0 bridgehead atoms. The van der Waals surface area contributed by atoms with Crippen molar-refractivity contribution in [2.45, 2.75) is 32.4 Å². The molecule has 0 fully saturated rings. The molecule has 2 rings (SSSR count). The Bertz CT molecular complexity index is 395. The van der Waals surface area contributed by atoms with Crippen molar-refractivity contribution >= 4 is 22.7 Å². The average Bonchev–Trinajstić information content (AvgIpc) is 2.96. The van der Waals surface area contributed by atoms with Gasteiger partial charge in [-0.05, 0) is 24.8 Å². The minimum Gasteiger partial charge on any atom is -0.301 e. The first-order valence-corrected chi connectivity index (χ1v) is 7.26. The van der Waals surface area contributed by atoms with Gasteiger partial charge in [-0.3, -0.25) is 0 Å². The normalized spacial score (nSPS) is 14.9. The molecule has 86 valence electrons. The first kappa shape index (κ1) is 11.8. The van der Waals surface area contributed by atoms with Gasteiger partial charge in [0.15, 0.2) is 0 Å². The summed E-state index contributed by atoms with van der Waals surface area (Å²) < 4.78 is 0. The van der Waals surface area contributed by atoms with Crippen LogP contribution in [0.25, 0.3) is 0 Å². The monoisotopic (exact) mass is 252 g/mol. The molecule has 0 aliphatic heterocycles. The van der Waals surface area contributed by atoms with Crippen molar-refractivity contribution in [3.05, 3.63) is 39.0 Å². The minimum atomic E-state index is 0.372. The van der Waals surface area contributed by atoms with E-state index >= 15 is 0 Å². The molecule has 16 heavy (non-hydrogen) atoms. The van der Waals surface area contributed by atoms with Crippen LogP contribution < -0.4 is 5.32 Å². The molecule has 0 aliphatic carbocycles.